The molecule has 0 bridgehead atoms. The van der Waals surface area contributed by atoms with Crippen molar-refractivity contribution in [1.82, 2.24) is 25.3 Å². The lowest BCUT2D eigenvalue weighted by atomic mass is 10.2. The first-order chi connectivity index (χ1) is 7.75. The van der Waals surface area contributed by atoms with E-state index in [1.165, 1.54) is 0 Å². The first-order valence-corrected chi connectivity index (χ1v) is 5.21. The zero-order valence-electron chi connectivity index (χ0n) is 8.84. The number of fused-ring (bicyclic) bond motifs is 1. The third-order valence-electron chi connectivity index (χ3n) is 2.65. The van der Waals surface area contributed by atoms with E-state index in [9.17, 15) is 4.79 Å². The van der Waals surface area contributed by atoms with Crippen molar-refractivity contribution in [2.24, 2.45) is 7.05 Å². The molecule has 6 heteroatoms. The summed E-state index contributed by atoms with van der Waals surface area (Å²) in [5, 5.41) is 10.7. The van der Waals surface area contributed by atoms with Crippen LogP contribution in [0.5, 0.6) is 0 Å². The van der Waals surface area contributed by atoms with Gasteiger partial charge in [-0.25, -0.2) is 9.67 Å². The van der Waals surface area contributed by atoms with Crippen molar-refractivity contribution in [1.29, 1.82) is 0 Å². The van der Waals surface area contributed by atoms with Gasteiger partial charge >= 0.3 is 0 Å². The van der Waals surface area contributed by atoms with Crippen LogP contribution in [-0.2, 0) is 7.05 Å². The Balaban J connectivity index is 2.04. The number of hydrogen-bond donors (Lipinski definition) is 1. The Kier molecular flexibility index (Phi) is 1.89. The summed E-state index contributed by atoms with van der Waals surface area (Å²) < 4.78 is 1.56. The molecule has 2 aromatic heterocycles. The molecule has 0 aromatic carbocycles. The standard InChI is InChI=1S/C10H11N5O/c1-15-9-8(13-14-15)7(4-5-11-9)10(16)12-6-2-3-6/h4-6H,2-3H2,1H3,(H,12,16). The van der Waals surface area contributed by atoms with Gasteiger partial charge in [0.25, 0.3) is 5.91 Å². The molecular formula is C10H11N5O. The number of aromatic nitrogens is 4. The van der Waals surface area contributed by atoms with Crippen LogP contribution in [0.4, 0.5) is 0 Å². The second kappa shape index (κ2) is 3.26. The van der Waals surface area contributed by atoms with Crippen molar-refractivity contribution in [2.45, 2.75) is 18.9 Å². The average Bonchev–Trinajstić information content (AvgIpc) is 3.02. The molecule has 1 amide bonds. The second-order valence-corrected chi connectivity index (χ2v) is 3.99. The van der Waals surface area contributed by atoms with Gasteiger partial charge in [0.05, 0.1) is 5.56 Å². The van der Waals surface area contributed by atoms with Crippen molar-refractivity contribution in [3.8, 4) is 0 Å². The second-order valence-electron chi connectivity index (χ2n) is 3.99. The van der Waals surface area contributed by atoms with Crippen molar-refractivity contribution >= 4 is 17.1 Å². The van der Waals surface area contributed by atoms with Crippen LogP contribution in [0.15, 0.2) is 12.3 Å². The highest BCUT2D eigenvalue weighted by Gasteiger charge is 2.25. The molecule has 2 heterocycles. The number of carbonyl (C=O) groups excluding carboxylic acids is 1. The molecule has 2 aromatic rings. The summed E-state index contributed by atoms with van der Waals surface area (Å²) in [5.41, 5.74) is 1.73. The summed E-state index contributed by atoms with van der Waals surface area (Å²) in [5.74, 6) is -0.0876. The molecule has 1 aliphatic carbocycles. The lowest BCUT2D eigenvalue weighted by molar-refractivity contribution is 0.0952. The molecular weight excluding hydrogens is 206 g/mol. The van der Waals surface area contributed by atoms with Crippen LogP contribution in [0.3, 0.4) is 0 Å². The minimum Gasteiger partial charge on any atom is -0.349 e. The van der Waals surface area contributed by atoms with E-state index in [1.54, 1.807) is 24.0 Å². The van der Waals surface area contributed by atoms with Crippen LogP contribution >= 0.6 is 0 Å². The number of hydrogen-bond acceptors (Lipinski definition) is 4. The van der Waals surface area contributed by atoms with Gasteiger partial charge in [-0.3, -0.25) is 4.79 Å². The molecule has 82 valence electrons. The van der Waals surface area contributed by atoms with Crippen molar-refractivity contribution in [2.75, 3.05) is 0 Å². The maximum atomic E-state index is 11.9. The Hall–Kier alpha value is -1.98. The maximum Gasteiger partial charge on any atom is 0.253 e. The number of rotatable bonds is 2. The SMILES string of the molecule is Cn1nnc2c(C(=O)NC3CC3)ccnc21. The highest BCUT2D eigenvalue weighted by atomic mass is 16.1. The molecule has 0 aliphatic heterocycles. The van der Waals surface area contributed by atoms with Gasteiger partial charge < -0.3 is 5.32 Å². The lowest BCUT2D eigenvalue weighted by Crippen LogP contribution is -2.25. The molecule has 0 saturated heterocycles. The molecule has 0 atom stereocenters. The van der Waals surface area contributed by atoms with E-state index in [0.29, 0.717) is 22.8 Å². The predicted molar refractivity (Wildman–Crippen MR) is 56.8 cm³/mol. The summed E-state index contributed by atoms with van der Waals surface area (Å²) in [6.45, 7) is 0. The van der Waals surface area contributed by atoms with Gasteiger partial charge in [-0.15, -0.1) is 5.10 Å². The highest BCUT2D eigenvalue weighted by molar-refractivity contribution is 6.04. The first-order valence-electron chi connectivity index (χ1n) is 5.21. The molecule has 1 N–H and O–H groups in total. The Labute approximate surface area is 91.7 Å². The lowest BCUT2D eigenvalue weighted by Gasteiger charge is -2.02. The fourth-order valence-corrected chi connectivity index (χ4v) is 1.61. The van der Waals surface area contributed by atoms with E-state index in [0.717, 1.165) is 12.8 Å². The first kappa shape index (κ1) is 9.26. The third-order valence-corrected chi connectivity index (χ3v) is 2.65. The Morgan fingerprint density at radius 2 is 2.38 bits per heavy atom. The minimum atomic E-state index is -0.0876. The summed E-state index contributed by atoms with van der Waals surface area (Å²) in [4.78, 5) is 16.0. The van der Waals surface area contributed by atoms with Gasteiger partial charge in [0.1, 0.15) is 5.52 Å². The number of amides is 1. The fourth-order valence-electron chi connectivity index (χ4n) is 1.61. The maximum absolute atomic E-state index is 11.9. The number of carbonyl (C=O) groups is 1. The van der Waals surface area contributed by atoms with Crippen LogP contribution in [0, 0.1) is 0 Å². The molecule has 1 saturated carbocycles. The van der Waals surface area contributed by atoms with Crippen molar-refractivity contribution in [3.63, 3.8) is 0 Å². The van der Waals surface area contributed by atoms with Crippen LogP contribution in [-0.4, -0.2) is 31.9 Å². The van der Waals surface area contributed by atoms with Gasteiger partial charge in [0.15, 0.2) is 5.65 Å². The molecule has 1 aliphatic rings. The molecule has 0 spiro atoms. The van der Waals surface area contributed by atoms with Gasteiger partial charge in [-0.05, 0) is 18.9 Å². The van der Waals surface area contributed by atoms with Crippen molar-refractivity contribution < 1.29 is 4.79 Å². The Morgan fingerprint density at radius 3 is 3.12 bits per heavy atom. The van der Waals surface area contributed by atoms with E-state index in [2.05, 4.69) is 20.6 Å². The molecule has 6 nitrogen and oxygen atoms in total. The Bertz CT molecular complexity index is 557. The zero-order chi connectivity index (χ0) is 11.1. The third kappa shape index (κ3) is 1.42. The van der Waals surface area contributed by atoms with Gasteiger partial charge in [0.2, 0.25) is 0 Å². The van der Waals surface area contributed by atoms with Crippen LogP contribution in [0.2, 0.25) is 0 Å². The number of aryl methyl sites for hydroxylation is 1. The number of pyridine rings is 1. The highest BCUT2D eigenvalue weighted by Crippen LogP contribution is 2.20. The predicted octanol–water partition coefficient (Wildman–Crippen LogP) is 0.255. The van der Waals surface area contributed by atoms with Crippen molar-refractivity contribution in [3.05, 3.63) is 17.8 Å². The van der Waals surface area contributed by atoms with E-state index in [-0.39, 0.29) is 5.91 Å². The largest absolute Gasteiger partial charge is 0.349 e. The summed E-state index contributed by atoms with van der Waals surface area (Å²) >= 11 is 0. The van der Waals surface area contributed by atoms with Crippen LogP contribution in [0.1, 0.15) is 23.2 Å². The van der Waals surface area contributed by atoms with E-state index >= 15 is 0 Å². The molecule has 0 radical (unpaired) electrons. The topological polar surface area (TPSA) is 72.7 Å². The molecule has 3 rings (SSSR count). The number of nitrogens with one attached hydrogen (secondary N) is 1. The summed E-state index contributed by atoms with van der Waals surface area (Å²) in [6, 6.07) is 2.02. The quantitative estimate of drug-likeness (QED) is 0.782. The summed E-state index contributed by atoms with van der Waals surface area (Å²) in [7, 11) is 1.75. The van der Waals surface area contributed by atoms with E-state index in [4.69, 9.17) is 0 Å². The van der Waals surface area contributed by atoms with E-state index < -0.39 is 0 Å². The Morgan fingerprint density at radius 1 is 1.56 bits per heavy atom. The smallest absolute Gasteiger partial charge is 0.253 e. The average molecular weight is 217 g/mol. The summed E-state index contributed by atoms with van der Waals surface area (Å²) in [6.07, 6.45) is 3.74. The molecule has 0 unspecified atom stereocenters. The van der Waals surface area contributed by atoms with Gasteiger partial charge in [-0.2, -0.15) is 0 Å². The van der Waals surface area contributed by atoms with Gasteiger partial charge in [0, 0.05) is 19.3 Å². The minimum absolute atomic E-state index is 0.0876. The van der Waals surface area contributed by atoms with E-state index in [1.807, 2.05) is 0 Å². The molecule has 1 fully saturated rings. The van der Waals surface area contributed by atoms with Crippen LogP contribution in [0.25, 0.3) is 11.2 Å². The fraction of sp³-hybridized carbons (Fsp3) is 0.400. The van der Waals surface area contributed by atoms with Crippen LogP contribution < -0.4 is 5.32 Å². The number of nitrogens with zero attached hydrogens (tertiary/aromatic N) is 4. The monoisotopic (exact) mass is 217 g/mol. The van der Waals surface area contributed by atoms with Gasteiger partial charge in [-0.1, -0.05) is 5.21 Å². The normalized spacial score (nSPS) is 15.3. The zero-order valence-corrected chi connectivity index (χ0v) is 8.84. The molecule has 16 heavy (non-hydrogen) atoms.